The lowest BCUT2D eigenvalue weighted by Gasteiger charge is -2.12. The third-order valence-electron chi connectivity index (χ3n) is 2.77. The normalized spacial score (nSPS) is 11.6. The van der Waals surface area contributed by atoms with Crippen molar-refractivity contribution in [3.8, 4) is 0 Å². The predicted octanol–water partition coefficient (Wildman–Crippen LogP) is 0.818. The van der Waals surface area contributed by atoms with Crippen LogP contribution in [0.5, 0.6) is 0 Å². The molecular formula is C12H12FN3O3S. The van der Waals surface area contributed by atoms with E-state index in [0.717, 1.165) is 5.56 Å². The number of hydrogen-bond donors (Lipinski definition) is 1. The van der Waals surface area contributed by atoms with Gasteiger partial charge in [-0.05, 0) is 25.5 Å². The van der Waals surface area contributed by atoms with Gasteiger partial charge in [-0.25, -0.2) is 17.6 Å². The van der Waals surface area contributed by atoms with E-state index >= 15 is 0 Å². The van der Waals surface area contributed by atoms with Crippen molar-refractivity contribution in [2.24, 2.45) is 0 Å². The zero-order valence-corrected chi connectivity index (χ0v) is 11.6. The summed E-state index contributed by atoms with van der Waals surface area (Å²) >= 11 is 0. The highest BCUT2D eigenvalue weighted by atomic mass is 32.2. The molecule has 1 heterocycles. The van der Waals surface area contributed by atoms with Gasteiger partial charge in [-0.2, -0.15) is 8.96 Å². The van der Waals surface area contributed by atoms with E-state index < -0.39 is 27.3 Å². The van der Waals surface area contributed by atoms with Gasteiger partial charge in [-0.1, -0.05) is 17.7 Å². The quantitative estimate of drug-likeness (QED) is 0.885. The van der Waals surface area contributed by atoms with E-state index in [1.165, 1.54) is 6.07 Å². The van der Waals surface area contributed by atoms with Crippen molar-refractivity contribution in [2.45, 2.75) is 18.7 Å². The molecule has 106 valence electrons. The summed E-state index contributed by atoms with van der Waals surface area (Å²) in [7, 11) is -4.29. The molecule has 0 amide bonds. The molecule has 6 nitrogen and oxygen atoms in total. The van der Waals surface area contributed by atoms with Crippen molar-refractivity contribution < 1.29 is 12.8 Å². The molecule has 0 bridgehead atoms. The number of nitrogens with two attached hydrogens (primary N) is 1. The third-order valence-corrected chi connectivity index (χ3v) is 4.62. The van der Waals surface area contributed by atoms with Crippen molar-refractivity contribution in [3.63, 3.8) is 0 Å². The van der Waals surface area contributed by atoms with Crippen LogP contribution in [0.4, 0.5) is 10.2 Å². The van der Waals surface area contributed by atoms with Crippen LogP contribution in [-0.4, -0.2) is 17.4 Å². The van der Waals surface area contributed by atoms with Gasteiger partial charge >= 0.3 is 5.69 Å². The molecule has 1 aromatic carbocycles. The second kappa shape index (κ2) is 4.71. The Labute approximate surface area is 114 Å². The van der Waals surface area contributed by atoms with E-state index in [2.05, 4.69) is 4.98 Å². The molecule has 2 rings (SSSR count). The van der Waals surface area contributed by atoms with Crippen LogP contribution >= 0.6 is 0 Å². The van der Waals surface area contributed by atoms with Crippen LogP contribution in [0.1, 0.15) is 11.1 Å². The molecule has 2 aromatic rings. The molecule has 0 aliphatic heterocycles. The van der Waals surface area contributed by atoms with Gasteiger partial charge in [-0.15, -0.1) is 0 Å². The second-order valence-electron chi connectivity index (χ2n) is 4.31. The minimum Gasteiger partial charge on any atom is -0.382 e. The van der Waals surface area contributed by atoms with Crippen LogP contribution in [0.3, 0.4) is 0 Å². The van der Waals surface area contributed by atoms with Crippen molar-refractivity contribution in [1.82, 2.24) is 8.96 Å². The first kappa shape index (κ1) is 14.2. The first-order valence-electron chi connectivity index (χ1n) is 5.61. The van der Waals surface area contributed by atoms with Crippen LogP contribution < -0.4 is 11.4 Å². The number of benzene rings is 1. The van der Waals surface area contributed by atoms with Crippen LogP contribution in [-0.2, 0) is 10.0 Å². The van der Waals surface area contributed by atoms with Crippen LogP contribution in [0.15, 0.2) is 34.1 Å². The fraction of sp³-hybridized carbons (Fsp3) is 0.167. The highest BCUT2D eigenvalue weighted by molar-refractivity contribution is 7.90. The zero-order valence-electron chi connectivity index (χ0n) is 10.8. The summed E-state index contributed by atoms with van der Waals surface area (Å²) in [4.78, 5) is 14.6. The Hall–Kier alpha value is -2.22. The number of anilines is 1. The molecule has 0 radical (unpaired) electrons. The van der Waals surface area contributed by atoms with E-state index in [1.54, 1.807) is 26.0 Å². The third kappa shape index (κ3) is 2.18. The standard InChI is InChI=1S/C12H12FN3O3S/c1-7-3-4-10(8(2)5-7)20(18,19)16-11(14)9(13)6-15-12(16)17/h3-6H,14H2,1-2H3. The molecular weight excluding hydrogens is 285 g/mol. The Morgan fingerprint density at radius 2 is 1.95 bits per heavy atom. The van der Waals surface area contributed by atoms with Gasteiger partial charge in [0, 0.05) is 0 Å². The SMILES string of the molecule is Cc1ccc(S(=O)(=O)n2c(N)c(F)cnc2=O)c(C)c1. The van der Waals surface area contributed by atoms with Crippen molar-refractivity contribution in [2.75, 3.05) is 5.73 Å². The fourth-order valence-corrected chi connectivity index (χ4v) is 3.35. The summed E-state index contributed by atoms with van der Waals surface area (Å²) in [5.41, 5.74) is 5.50. The Kier molecular flexibility index (Phi) is 3.34. The summed E-state index contributed by atoms with van der Waals surface area (Å²) in [6, 6.07) is 4.56. The molecule has 2 N–H and O–H groups in total. The lowest BCUT2D eigenvalue weighted by molar-refractivity contribution is 0.574. The molecule has 0 fully saturated rings. The molecule has 0 atom stereocenters. The number of aryl methyl sites for hydroxylation is 2. The Morgan fingerprint density at radius 1 is 1.30 bits per heavy atom. The van der Waals surface area contributed by atoms with Crippen molar-refractivity contribution >= 4 is 15.8 Å². The van der Waals surface area contributed by atoms with E-state index in [-0.39, 0.29) is 8.87 Å². The van der Waals surface area contributed by atoms with Crippen LogP contribution in [0, 0.1) is 19.7 Å². The second-order valence-corrected chi connectivity index (χ2v) is 6.07. The Bertz CT molecular complexity index is 844. The van der Waals surface area contributed by atoms with Gasteiger partial charge in [-0.3, -0.25) is 0 Å². The van der Waals surface area contributed by atoms with Gasteiger partial charge in [0.05, 0.1) is 11.1 Å². The largest absolute Gasteiger partial charge is 0.382 e. The van der Waals surface area contributed by atoms with Gasteiger partial charge < -0.3 is 5.73 Å². The number of halogens is 1. The Balaban J connectivity index is 2.81. The summed E-state index contributed by atoms with van der Waals surface area (Å²) < 4.78 is 38.4. The molecule has 0 unspecified atom stereocenters. The number of aromatic nitrogens is 2. The summed E-state index contributed by atoms with van der Waals surface area (Å²) in [5.74, 6) is -1.86. The number of rotatable bonds is 2. The minimum absolute atomic E-state index is 0.121. The number of nitrogens with zero attached hydrogens (tertiary/aromatic N) is 2. The van der Waals surface area contributed by atoms with E-state index in [9.17, 15) is 17.6 Å². The topological polar surface area (TPSA) is 95.1 Å². The summed E-state index contributed by atoms with van der Waals surface area (Å²) in [5, 5.41) is 0. The molecule has 0 spiro atoms. The average molecular weight is 297 g/mol. The maximum Gasteiger partial charge on any atom is 0.363 e. The Morgan fingerprint density at radius 3 is 2.55 bits per heavy atom. The van der Waals surface area contributed by atoms with Gasteiger partial charge in [0.15, 0.2) is 11.6 Å². The zero-order chi connectivity index (χ0) is 15.1. The van der Waals surface area contributed by atoms with E-state index in [4.69, 9.17) is 5.73 Å². The molecule has 0 aliphatic carbocycles. The number of hydrogen-bond acceptors (Lipinski definition) is 5. The first-order valence-corrected chi connectivity index (χ1v) is 7.05. The molecule has 0 saturated heterocycles. The summed E-state index contributed by atoms with van der Waals surface area (Å²) in [6.07, 6.45) is 0.589. The molecule has 20 heavy (non-hydrogen) atoms. The van der Waals surface area contributed by atoms with Gasteiger partial charge in [0.2, 0.25) is 0 Å². The van der Waals surface area contributed by atoms with E-state index in [0.29, 0.717) is 11.8 Å². The maximum absolute atomic E-state index is 13.4. The monoisotopic (exact) mass is 297 g/mol. The lowest BCUT2D eigenvalue weighted by atomic mass is 10.2. The molecule has 1 aromatic heterocycles. The van der Waals surface area contributed by atoms with Gasteiger partial charge in [0.1, 0.15) is 0 Å². The predicted molar refractivity (Wildman–Crippen MR) is 71.4 cm³/mol. The lowest BCUT2D eigenvalue weighted by Crippen LogP contribution is -2.32. The van der Waals surface area contributed by atoms with Crippen molar-refractivity contribution in [3.05, 3.63) is 51.8 Å². The highest BCUT2D eigenvalue weighted by Crippen LogP contribution is 2.20. The number of nitrogen functional groups attached to an aromatic ring is 1. The fourth-order valence-electron chi connectivity index (χ4n) is 1.85. The molecule has 8 heteroatoms. The van der Waals surface area contributed by atoms with E-state index in [1.807, 2.05) is 0 Å². The molecule has 0 saturated carbocycles. The first-order chi connectivity index (χ1) is 9.25. The minimum atomic E-state index is -4.29. The van der Waals surface area contributed by atoms with Crippen LogP contribution in [0.2, 0.25) is 0 Å². The smallest absolute Gasteiger partial charge is 0.363 e. The van der Waals surface area contributed by atoms with Gasteiger partial charge in [0.25, 0.3) is 10.0 Å². The van der Waals surface area contributed by atoms with Crippen molar-refractivity contribution in [1.29, 1.82) is 0 Å². The van der Waals surface area contributed by atoms with Crippen LogP contribution in [0.25, 0.3) is 0 Å². The average Bonchev–Trinajstić information content (AvgIpc) is 2.33. The maximum atomic E-state index is 13.4. The highest BCUT2D eigenvalue weighted by Gasteiger charge is 2.25. The molecule has 0 aliphatic rings. The summed E-state index contributed by atoms with van der Waals surface area (Å²) in [6.45, 7) is 3.38.